The van der Waals surface area contributed by atoms with Crippen molar-refractivity contribution in [1.29, 1.82) is 0 Å². The van der Waals surface area contributed by atoms with Gasteiger partial charge in [0.15, 0.2) is 18.9 Å². The van der Waals surface area contributed by atoms with Crippen molar-refractivity contribution >= 4 is 23.6 Å². The highest BCUT2D eigenvalue weighted by atomic mass is 32.2. The first-order valence-corrected chi connectivity index (χ1v) is 15.4. The summed E-state index contributed by atoms with van der Waals surface area (Å²) in [6.07, 6.45) is -22.5. The summed E-state index contributed by atoms with van der Waals surface area (Å²) in [7, 11) is 0. The summed E-state index contributed by atoms with van der Waals surface area (Å²) in [5.41, 5.74) is 5.11. The second-order valence-electron chi connectivity index (χ2n) is 10.7. The van der Waals surface area contributed by atoms with E-state index in [2.05, 4.69) is 5.32 Å². The predicted octanol–water partition coefficient (Wildman–Crippen LogP) is -6.80. The second kappa shape index (κ2) is 17.7. The van der Waals surface area contributed by atoms with E-state index in [1.165, 1.54) is 18.7 Å². The molecule has 3 rings (SSSR count). The summed E-state index contributed by atoms with van der Waals surface area (Å²) in [6, 6.07) is -1.23. The molecule has 0 aromatic rings. The lowest BCUT2D eigenvalue weighted by Crippen LogP contribution is -2.68. The van der Waals surface area contributed by atoms with E-state index in [0.717, 1.165) is 0 Å². The number of rotatable bonds is 15. The molecule has 3 heterocycles. The Kier molecular flexibility index (Phi) is 15.0. The van der Waals surface area contributed by atoms with Gasteiger partial charge in [0.05, 0.1) is 26.4 Å². The van der Waals surface area contributed by atoms with Gasteiger partial charge >= 0.3 is 0 Å². The fraction of sp³-hybridized carbons (Fsp3) is 0.920. The Labute approximate surface area is 262 Å². The molecule has 3 aliphatic rings. The quantitative estimate of drug-likeness (QED) is 0.0718. The Morgan fingerprint density at radius 2 is 1.22 bits per heavy atom. The third kappa shape index (κ3) is 9.63. The van der Waals surface area contributed by atoms with Crippen LogP contribution < -0.4 is 11.1 Å². The number of hydrogen-bond acceptors (Lipinski definition) is 18. The molecule has 2 amide bonds. The number of hydrogen-bond donors (Lipinski definition) is 11. The van der Waals surface area contributed by atoms with Gasteiger partial charge in [0.2, 0.25) is 11.8 Å². The third-order valence-corrected chi connectivity index (χ3v) is 8.43. The smallest absolute Gasteiger partial charge is 0.218 e. The van der Waals surface area contributed by atoms with Gasteiger partial charge in [-0.15, -0.1) is 0 Å². The van der Waals surface area contributed by atoms with E-state index in [0.29, 0.717) is 11.5 Å². The number of aliphatic hydroxyl groups excluding tert-OH is 9. The number of thioether (sulfide) groups is 1. The maximum atomic E-state index is 11.9. The number of carbonyl (C=O) groups excluding carboxylic acids is 2. The van der Waals surface area contributed by atoms with Gasteiger partial charge in [-0.1, -0.05) is 0 Å². The molecule has 0 unspecified atom stereocenters. The number of ether oxygens (including phenoxy) is 6. The molecule has 0 spiro atoms. The van der Waals surface area contributed by atoms with Gasteiger partial charge in [0.25, 0.3) is 0 Å². The first kappa shape index (κ1) is 38.1. The highest BCUT2D eigenvalue weighted by Crippen LogP contribution is 2.32. The molecule has 3 fully saturated rings. The van der Waals surface area contributed by atoms with Gasteiger partial charge in [-0.25, -0.2) is 0 Å². The highest BCUT2D eigenvalue weighted by Gasteiger charge is 2.53. The summed E-state index contributed by atoms with van der Waals surface area (Å²) in [4.78, 5) is 22.8. The van der Waals surface area contributed by atoms with Gasteiger partial charge in [0, 0.05) is 24.9 Å². The minimum atomic E-state index is -1.93. The van der Waals surface area contributed by atoms with E-state index < -0.39 is 124 Å². The minimum Gasteiger partial charge on any atom is -0.394 e. The second-order valence-corrected chi connectivity index (χ2v) is 12.0. The van der Waals surface area contributed by atoms with Crippen LogP contribution >= 0.6 is 11.8 Å². The Morgan fingerprint density at radius 1 is 0.711 bits per heavy atom. The van der Waals surface area contributed by atoms with E-state index in [4.69, 9.17) is 34.2 Å². The molecule has 3 aliphatic heterocycles. The lowest BCUT2D eigenvalue weighted by Gasteiger charge is -2.48. The SMILES string of the molecule is CC(=O)N[C@H]1[C@H](OCCSCCC(N)=O)O[C@H](CO)[C@@H](O[C@@H]2O[C@H](CO)[C@H](O[C@H]3O[C@H](CO)[C@H](O)[C@H](O)[C@H]3O)[C@H](O)[C@H]2O)[C@@H]1O. The molecule has 12 N–H and O–H groups in total. The summed E-state index contributed by atoms with van der Waals surface area (Å²) >= 11 is 1.37. The van der Waals surface area contributed by atoms with Gasteiger partial charge in [-0.3, -0.25) is 9.59 Å². The Bertz CT molecular complexity index is 936. The molecular formula is C25H44N2O17S. The van der Waals surface area contributed by atoms with Crippen LogP contribution in [0.15, 0.2) is 0 Å². The van der Waals surface area contributed by atoms with Crippen LogP contribution in [-0.2, 0) is 38.0 Å². The zero-order chi connectivity index (χ0) is 33.4. The average Bonchev–Trinajstić information content (AvgIpc) is 3.00. The molecule has 3 saturated heterocycles. The number of nitrogens with two attached hydrogens (primary N) is 1. The van der Waals surface area contributed by atoms with Crippen molar-refractivity contribution in [3.05, 3.63) is 0 Å². The lowest BCUT2D eigenvalue weighted by atomic mass is 9.95. The molecule has 19 nitrogen and oxygen atoms in total. The van der Waals surface area contributed by atoms with Crippen molar-refractivity contribution in [2.45, 2.75) is 105 Å². The fourth-order valence-corrected chi connectivity index (χ4v) is 5.85. The summed E-state index contributed by atoms with van der Waals surface area (Å²) in [5.74, 6) is -0.150. The van der Waals surface area contributed by atoms with E-state index in [-0.39, 0.29) is 13.0 Å². The van der Waals surface area contributed by atoms with Crippen molar-refractivity contribution < 1.29 is 84.0 Å². The third-order valence-electron chi connectivity index (χ3n) is 7.48. The molecular weight excluding hydrogens is 632 g/mol. The number of nitrogens with one attached hydrogen (secondary N) is 1. The molecule has 15 atom stereocenters. The normalized spacial score (nSPS) is 42.3. The van der Waals surface area contributed by atoms with Crippen molar-refractivity contribution in [3.63, 3.8) is 0 Å². The number of aliphatic hydroxyl groups is 9. The van der Waals surface area contributed by atoms with Gasteiger partial charge < -0.3 is 85.4 Å². The Hall–Kier alpha value is -1.31. The van der Waals surface area contributed by atoms with Crippen LogP contribution in [0.25, 0.3) is 0 Å². The molecule has 0 aliphatic carbocycles. The van der Waals surface area contributed by atoms with E-state index in [1.54, 1.807) is 0 Å². The van der Waals surface area contributed by atoms with Crippen LogP contribution in [0.1, 0.15) is 13.3 Å². The Morgan fingerprint density at radius 3 is 1.76 bits per heavy atom. The molecule has 0 saturated carbocycles. The molecule has 45 heavy (non-hydrogen) atoms. The summed E-state index contributed by atoms with van der Waals surface area (Å²) in [6.45, 7) is -1.05. The maximum absolute atomic E-state index is 11.9. The van der Waals surface area contributed by atoms with Gasteiger partial charge in [-0.05, 0) is 0 Å². The minimum absolute atomic E-state index is 0.0746. The zero-order valence-corrected chi connectivity index (χ0v) is 25.2. The van der Waals surface area contributed by atoms with Crippen LogP contribution in [0.5, 0.6) is 0 Å². The van der Waals surface area contributed by atoms with E-state index in [9.17, 15) is 55.5 Å². The van der Waals surface area contributed by atoms with Crippen LogP contribution in [0, 0.1) is 0 Å². The van der Waals surface area contributed by atoms with E-state index in [1.807, 2.05) is 0 Å². The van der Waals surface area contributed by atoms with Crippen LogP contribution in [0.3, 0.4) is 0 Å². The average molecular weight is 677 g/mol. The first-order valence-electron chi connectivity index (χ1n) is 14.3. The predicted molar refractivity (Wildman–Crippen MR) is 148 cm³/mol. The molecule has 262 valence electrons. The first-order chi connectivity index (χ1) is 21.3. The monoisotopic (exact) mass is 676 g/mol. The van der Waals surface area contributed by atoms with Crippen molar-refractivity contribution in [2.75, 3.05) is 37.9 Å². The van der Waals surface area contributed by atoms with Crippen molar-refractivity contribution in [3.8, 4) is 0 Å². The van der Waals surface area contributed by atoms with Gasteiger partial charge in [-0.2, -0.15) is 11.8 Å². The van der Waals surface area contributed by atoms with Gasteiger partial charge in [0.1, 0.15) is 73.2 Å². The topological polar surface area (TPSA) is 310 Å². The molecule has 0 aromatic heterocycles. The fourth-order valence-electron chi connectivity index (χ4n) is 5.09. The summed E-state index contributed by atoms with van der Waals surface area (Å²) in [5, 5.41) is 95.2. The van der Waals surface area contributed by atoms with Crippen molar-refractivity contribution in [2.24, 2.45) is 5.73 Å². The molecule has 20 heteroatoms. The standard InChI is InChI=1S/C25H44N2O17S/c1-9(31)27-14-16(34)21(11(7-29)41-23(14)39-3-5-45-4-2-13(26)32)43-25-20(38)18(36)22(12(8-30)42-25)44-24-19(37)17(35)15(33)10(6-28)40-24/h10-12,14-25,28-30,33-38H,2-8H2,1H3,(H2,26,32)(H,27,31)/t10-,11-,12-,14-,15+,16-,17+,18-,19-,20-,21-,22+,23-,24-,25+/m1/s1. The summed E-state index contributed by atoms with van der Waals surface area (Å²) < 4.78 is 33.6. The lowest BCUT2D eigenvalue weighted by molar-refractivity contribution is -0.374. The van der Waals surface area contributed by atoms with Crippen LogP contribution in [0.4, 0.5) is 0 Å². The van der Waals surface area contributed by atoms with E-state index >= 15 is 0 Å². The zero-order valence-electron chi connectivity index (χ0n) is 24.4. The highest BCUT2D eigenvalue weighted by molar-refractivity contribution is 7.99. The largest absolute Gasteiger partial charge is 0.394 e. The number of primary amides is 1. The van der Waals surface area contributed by atoms with Crippen LogP contribution in [-0.4, -0.2) is 188 Å². The molecule has 0 radical (unpaired) electrons. The van der Waals surface area contributed by atoms with Crippen molar-refractivity contribution in [1.82, 2.24) is 5.32 Å². The maximum Gasteiger partial charge on any atom is 0.218 e. The molecule has 0 bridgehead atoms. The number of carbonyl (C=O) groups is 2. The van der Waals surface area contributed by atoms with Crippen LogP contribution in [0.2, 0.25) is 0 Å². The molecule has 0 aromatic carbocycles. The number of amides is 2. The Balaban J connectivity index is 1.69.